The van der Waals surface area contributed by atoms with Crippen LogP contribution in [0.1, 0.15) is 28.4 Å². The van der Waals surface area contributed by atoms with Crippen LogP contribution in [0.3, 0.4) is 0 Å². The van der Waals surface area contributed by atoms with E-state index in [2.05, 4.69) is 46.7 Å². The fourth-order valence-corrected chi connectivity index (χ4v) is 4.32. The summed E-state index contributed by atoms with van der Waals surface area (Å²) in [4.78, 5) is 18.6. The zero-order chi connectivity index (χ0) is 20.7. The lowest BCUT2D eigenvalue weighted by Gasteiger charge is -2.36. The predicted molar refractivity (Wildman–Crippen MR) is 117 cm³/mol. The number of benzene rings is 3. The number of para-hydroxylation sites is 1. The minimum Gasteiger partial charge on any atom is -0.356 e. The van der Waals surface area contributed by atoms with Crippen molar-refractivity contribution in [1.82, 2.24) is 9.88 Å². The quantitative estimate of drug-likeness (QED) is 0.440. The molecule has 30 heavy (non-hydrogen) atoms. The van der Waals surface area contributed by atoms with Crippen molar-refractivity contribution >= 4 is 22.6 Å². The summed E-state index contributed by atoms with van der Waals surface area (Å²) in [5, 5.41) is 4.06. The average Bonchev–Trinajstić information content (AvgIpc) is 3.12. The molecule has 2 amide bonds. The van der Waals surface area contributed by atoms with Gasteiger partial charge in [-0.05, 0) is 48.7 Å². The summed E-state index contributed by atoms with van der Waals surface area (Å²) < 4.78 is 13.6. The van der Waals surface area contributed by atoms with E-state index in [4.69, 9.17) is 0 Å². The van der Waals surface area contributed by atoms with Gasteiger partial charge in [0.15, 0.2) is 0 Å². The number of rotatable bonds is 2. The lowest BCUT2D eigenvalue weighted by molar-refractivity contribution is 0.193. The molecule has 1 aliphatic rings. The molecular formula is C25H22FN3O. The van der Waals surface area contributed by atoms with Crippen LogP contribution in [0.5, 0.6) is 0 Å². The molecule has 4 nitrogen and oxygen atoms in total. The van der Waals surface area contributed by atoms with E-state index < -0.39 is 0 Å². The molecule has 2 N–H and O–H groups in total. The number of carbonyl (C=O) groups is 1. The van der Waals surface area contributed by atoms with Crippen molar-refractivity contribution in [2.45, 2.75) is 19.4 Å². The zero-order valence-electron chi connectivity index (χ0n) is 16.7. The van der Waals surface area contributed by atoms with E-state index in [1.807, 2.05) is 24.0 Å². The molecule has 0 radical (unpaired) electrons. The molecule has 3 aromatic carbocycles. The van der Waals surface area contributed by atoms with E-state index >= 15 is 0 Å². The van der Waals surface area contributed by atoms with Gasteiger partial charge in [0.05, 0.1) is 6.04 Å². The number of amides is 2. The molecule has 0 spiro atoms. The number of fused-ring (bicyclic) bond motifs is 3. The van der Waals surface area contributed by atoms with E-state index in [0.717, 1.165) is 23.2 Å². The molecule has 0 bridgehead atoms. The number of anilines is 1. The van der Waals surface area contributed by atoms with Crippen LogP contribution in [0.4, 0.5) is 14.9 Å². The van der Waals surface area contributed by atoms with Gasteiger partial charge >= 0.3 is 6.03 Å². The SMILES string of the molecule is Cc1ccc([C@@H]2c3[nH]c4ccccc4c3CCN2C(=O)Nc2cccc(F)c2)cc1. The molecule has 2 heterocycles. The highest BCUT2D eigenvalue weighted by Crippen LogP contribution is 2.38. The smallest absolute Gasteiger partial charge is 0.322 e. The molecule has 5 heteroatoms. The molecule has 0 unspecified atom stereocenters. The van der Waals surface area contributed by atoms with Crippen LogP contribution in [0, 0.1) is 12.7 Å². The van der Waals surface area contributed by atoms with Crippen LogP contribution < -0.4 is 5.32 Å². The Bertz CT molecular complexity index is 1230. The third kappa shape index (κ3) is 3.22. The average molecular weight is 399 g/mol. The lowest BCUT2D eigenvalue weighted by Crippen LogP contribution is -2.43. The Labute approximate surface area is 174 Å². The number of aromatic amines is 1. The number of nitrogens with zero attached hydrogens (tertiary/aromatic N) is 1. The topological polar surface area (TPSA) is 48.1 Å². The number of hydrogen-bond acceptors (Lipinski definition) is 1. The van der Waals surface area contributed by atoms with Gasteiger partial charge in [-0.3, -0.25) is 0 Å². The van der Waals surface area contributed by atoms with E-state index in [0.29, 0.717) is 12.2 Å². The molecule has 150 valence electrons. The number of hydrogen-bond donors (Lipinski definition) is 2. The normalized spacial score (nSPS) is 15.8. The molecule has 0 saturated heterocycles. The largest absolute Gasteiger partial charge is 0.356 e. The summed E-state index contributed by atoms with van der Waals surface area (Å²) in [5.41, 5.74) is 6.04. The van der Waals surface area contributed by atoms with E-state index in [9.17, 15) is 9.18 Å². The fourth-order valence-electron chi connectivity index (χ4n) is 4.32. The summed E-state index contributed by atoms with van der Waals surface area (Å²) in [6.07, 6.45) is 0.762. The van der Waals surface area contributed by atoms with Crippen LogP contribution in [0.15, 0.2) is 72.8 Å². The summed E-state index contributed by atoms with van der Waals surface area (Å²) >= 11 is 0. The van der Waals surface area contributed by atoms with Gasteiger partial charge in [-0.2, -0.15) is 0 Å². The van der Waals surface area contributed by atoms with E-state index in [1.165, 1.54) is 28.6 Å². The summed E-state index contributed by atoms with van der Waals surface area (Å²) in [6, 6.07) is 22.0. The molecule has 0 fully saturated rings. The van der Waals surface area contributed by atoms with Crippen molar-refractivity contribution < 1.29 is 9.18 Å². The number of nitrogens with one attached hydrogen (secondary N) is 2. The highest BCUT2D eigenvalue weighted by Gasteiger charge is 2.34. The van der Waals surface area contributed by atoms with Gasteiger partial charge in [0, 0.05) is 28.8 Å². The Morgan fingerprint density at radius 1 is 1.07 bits per heavy atom. The third-order valence-electron chi connectivity index (χ3n) is 5.76. The Balaban J connectivity index is 1.57. The van der Waals surface area contributed by atoms with Crippen LogP contribution in [-0.4, -0.2) is 22.5 Å². The monoisotopic (exact) mass is 399 g/mol. The van der Waals surface area contributed by atoms with E-state index in [1.54, 1.807) is 12.1 Å². The first kappa shape index (κ1) is 18.4. The maximum absolute atomic E-state index is 13.6. The van der Waals surface area contributed by atoms with Gasteiger partial charge in [-0.1, -0.05) is 54.1 Å². The molecule has 4 aromatic rings. The minimum absolute atomic E-state index is 0.240. The van der Waals surface area contributed by atoms with Crippen molar-refractivity contribution in [2.75, 3.05) is 11.9 Å². The van der Waals surface area contributed by atoms with Crippen LogP contribution in [0.25, 0.3) is 10.9 Å². The van der Waals surface area contributed by atoms with Crippen LogP contribution in [-0.2, 0) is 6.42 Å². The second-order valence-corrected chi connectivity index (χ2v) is 7.76. The van der Waals surface area contributed by atoms with Gasteiger partial charge in [0.1, 0.15) is 5.82 Å². The standard InChI is InChI=1S/C25H22FN3O/c1-16-9-11-17(12-10-16)24-23-21(20-7-2-3-8-22(20)28-23)13-14-29(24)25(30)27-19-6-4-5-18(26)15-19/h2-12,15,24,28H,13-14H2,1H3,(H,27,30)/t24-/m1/s1. The first-order chi connectivity index (χ1) is 14.6. The molecule has 1 aliphatic heterocycles. The number of H-pyrrole nitrogens is 1. The number of carbonyl (C=O) groups excluding carboxylic acids is 1. The van der Waals surface area contributed by atoms with Gasteiger partial charge < -0.3 is 15.2 Å². The zero-order valence-corrected chi connectivity index (χ0v) is 16.7. The Kier molecular flexibility index (Phi) is 4.51. The fraction of sp³-hybridized carbons (Fsp3) is 0.160. The molecule has 1 atom stereocenters. The Hall–Kier alpha value is -3.60. The van der Waals surface area contributed by atoms with Crippen LogP contribution in [0.2, 0.25) is 0 Å². The second kappa shape index (κ2) is 7.34. The molecule has 1 aromatic heterocycles. The number of urea groups is 1. The van der Waals surface area contributed by atoms with Crippen molar-refractivity contribution in [2.24, 2.45) is 0 Å². The van der Waals surface area contributed by atoms with Crippen molar-refractivity contribution in [3.63, 3.8) is 0 Å². The third-order valence-corrected chi connectivity index (χ3v) is 5.76. The van der Waals surface area contributed by atoms with Gasteiger partial charge in [-0.25, -0.2) is 9.18 Å². The molecular weight excluding hydrogens is 377 g/mol. The van der Waals surface area contributed by atoms with Crippen molar-refractivity contribution in [3.8, 4) is 0 Å². The summed E-state index contributed by atoms with van der Waals surface area (Å²) in [6.45, 7) is 2.63. The number of aryl methyl sites for hydroxylation is 1. The molecule has 5 rings (SSSR count). The van der Waals surface area contributed by atoms with Gasteiger partial charge in [0.25, 0.3) is 0 Å². The van der Waals surface area contributed by atoms with Gasteiger partial charge in [0.2, 0.25) is 0 Å². The first-order valence-electron chi connectivity index (χ1n) is 10.1. The maximum Gasteiger partial charge on any atom is 0.322 e. The number of halogens is 1. The maximum atomic E-state index is 13.6. The molecule has 0 saturated carbocycles. The Morgan fingerprint density at radius 2 is 1.87 bits per heavy atom. The van der Waals surface area contributed by atoms with Crippen molar-refractivity contribution in [3.05, 3.63) is 101 Å². The summed E-state index contributed by atoms with van der Waals surface area (Å²) in [7, 11) is 0. The van der Waals surface area contributed by atoms with E-state index in [-0.39, 0.29) is 17.9 Å². The van der Waals surface area contributed by atoms with Gasteiger partial charge in [-0.15, -0.1) is 0 Å². The lowest BCUT2D eigenvalue weighted by atomic mass is 9.92. The van der Waals surface area contributed by atoms with Crippen molar-refractivity contribution in [1.29, 1.82) is 0 Å². The Morgan fingerprint density at radius 3 is 2.67 bits per heavy atom. The minimum atomic E-state index is -0.376. The highest BCUT2D eigenvalue weighted by atomic mass is 19.1. The van der Waals surface area contributed by atoms with Crippen LogP contribution >= 0.6 is 0 Å². The highest BCUT2D eigenvalue weighted by molar-refractivity contribution is 5.91. The molecule has 0 aliphatic carbocycles. The second-order valence-electron chi connectivity index (χ2n) is 7.76. The summed E-state index contributed by atoms with van der Waals surface area (Å²) in [5.74, 6) is -0.376. The first-order valence-corrected chi connectivity index (χ1v) is 10.1. The predicted octanol–water partition coefficient (Wildman–Crippen LogP) is 5.80. The number of aromatic nitrogens is 1.